The molecule has 0 aromatic heterocycles. The Bertz CT molecular complexity index is 817. The summed E-state index contributed by atoms with van der Waals surface area (Å²) in [6.45, 7) is 6.03. The fourth-order valence-corrected chi connectivity index (χ4v) is 3.98. The van der Waals surface area contributed by atoms with Gasteiger partial charge in [-0.15, -0.1) is 0 Å². The molecule has 134 valence electrons. The zero-order valence-electron chi connectivity index (χ0n) is 15.2. The van der Waals surface area contributed by atoms with Crippen LogP contribution in [0.2, 0.25) is 0 Å². The van der Waals surface area contributed by atoms with Gasteiger partial charge in [0, 0.05) is 5.57 Å². The van der Waals surface area contributed by atoms with Gasteiger partial charge in [-0.25, -0.2) is 0 Å². The molecule has 4 nitrogen and oxygen atoms in total. The predicted molar refractivity (Wildman–Crippen MR) is 97.4 cm³/mol. The van der Waals surface area contributed by atoms with E-state index < -0.39 is 11.4 Å². The lowest BCUT2D eigenvalue weighted by molar-refractivity contribution is -0.201. The van der Waals surface area contributed by atoms with E-state index in [9.17, 15) is 4.79 Å². The minimum atomic E-state index is -1.45. The summed E-state index contributed by atoms with van der Waals surface area (Å²) in [4.78, 5) is 12.8. The summed E-state index contributed by atoms with van der Waals surface area (Å²) >= 11 is 0. The number of hydrogen-bond donors (Lipinski definition) is 0. The lowest BCUT2D eigenvalue weighted by Gasteiger charge is -2.39. The van der Waals surface area contributed by atoms with Crippen molar-refractivity contribution < 1.29 is 19.0 Å². The average Bonchev–Trinajstić information content (AvgIpc) is 3.03. The van der Waals surface area contributed by atoms with Gasteiger partial charge in [-0.3, -0.25) is 4.79 Å². The molecule has 0 radical (unpaired) electrons. The van der Waals surface area contributed by atoms with Crippen molar-refractivity contribution in [3.05, 3.63) is 83.1 Å². The number of Topliss-reactive ketones (excluding diaryl/α,β-unsaturated/α-hetero) is 1. The van der Waals surface area contributed by atoms with E-state index in [1.807, 2.05) is 74.5 Å². The van der Waals surface area contributed by atoms with E-state index in [0.29, 0.717) is 17.9 Å². The first-order valence-electron chi connectivity index (χ1n) is 8.94. The SMILES string of the molecule is CCOC1=C(C)C(=O)[C@]12O[C@H](C)C(c1ccccc1)(c1ccccc1)O2. The van der Waals surface area contributed by atoms with Crippen LogP contribution in [-0.2, 0) is 24.6 Å². The van der Waals surface area contributed by atoms with Crippen LogP contribution in [0.3, 0.4) is 0 Å². The van der Waals surface area contributed by atoms with Crippen LogP contribution in [0.1, 0.15) is 31.9 Å². The first-order valence-corrected chi connectivity index (χ1v) is 8.94. The fraction of sp³-hybridized carbons (Fsp3) is 0.318. The summed E-state index contributed by atoms with van der Waals surface area (Å²) in [5.74, 6) is -1.13. The summed E-state index contributed by atoms with van der Waals surface area (Å²) in [6, 6.07) is 19.8. The van der Waals surface area contributed by atoms with Crippen molar-refractivity contribution in [3.8, 4) is 0 Å². The number of carbonyl (C=O) groups excluding carboxylic acids is 1. The quantitative estimate of drug-likeness (QED) is 0.837. The summed E-state index contributed by atoms with van der Waals surface area (Å²) < 4.78 is 18.5. The first-order chi connectivity index (χ1) is 12.6. The molecule has 2 atom stereocenters. The van der Waals surface area contributed by atoms with Crippen molar-refractivity contribution in [1.29, 1.82) is 0 Å². The summed E-state index contributed by atoms with van der Waals surface area (Å²) in [7, 11) is 0. The van der Waals surface area contributed by atoms with Crippen LogP contribution >= 0.6 is 0 Å². The van der Waals surface area contributed by atoms with Gasteiger partial charge in [0.1, 0.15) is 5.60 Å². The van der Waals surface area contributed by atoms with Crippen LogP contribution in [0.4, 0.5) is 0 Å². The topological polar surface area (TPSA) is 44.8 Å². The van der Waals surface area contributed by atoms with E-state index in [1.165, 1.54) is 0 Å². The number of rotatable bonds is 4. The second-order valence-electron chi connectivity index (χ2n) is 6.66. The maximum absolute atomic E-state index is 12.8. The first kappa shape index (κ1) is 17.0. The predicted octanol–water partition coefficient (Wildman–Crippen LogP) is 3.96. The molecular formula is C22H22O4. The highest BCUT2D eigenvalue weighted by Gasteiger charge is 2.68. The van der Waals surface area contributed by atoms with Crippen molar-refractivity contribution in [2.75, 3.05) is 6.61 Å². The Labute approximate surface area is 153 Å². The Kier molecular flexibility index (Phi) is 3.98. The van der Waals surface area contributed by atoms with Gasteiger partial charge in [-0.05, 0) is 31.9 Å². The number of ketones is 1. The lowest BCUT2D eigenvalue weighted by atomic mass is 9.82. The molecule has 0 bridgehead atoms. The number of carbonyl (C=O) groups is 1. The molecule has 1 spiro atoms. The molecule has 0 amide bonds. The van der Waals surface area contributed by atoms with E-state index in [0.717, 1.165) is 11.1 Å². The molecule has 1 aliphatic heterocycles. The standard InChI is InChI=1S/C22H22O4/c1-4-24-20-15(2)19(23)22(20)25-16(3)21(26-22,17-11-7-5-8-12-17)18-13-9-6-10-14-18/h5-14,16H,4H2,1-3H3/t16-,22-/m1/s1. The summed E-state index contributed by atoms with van der Waals surface area (Å²) in [6.07, 6.45) is -0.375. The third-order valence-corrected chi connectivity index (χ3v) is 5.19. The van der Waals surface area contributed by atoms with Crippen LogP contribution in [0.15, 0.2) is 72.0 Å². The minimum absolute atomic E-state index is 0.165. The van der Waals surface area contributed by atoms with Gasteiger partial charge in [0.25, 0.3) is 5.79 Å². The van der Waals surface area contributed by atoms with Gasteiger partial charge < -0.3 is 14.2 Å². The molecule has 2 aliphatic rings. The van der Waals surface area contributed by atoms with E-state index in [-0.39, 0.29) is 11.9 Å². The molecule has 1 fully saturated rings. The minimum Gasteiger partial charge on any atom is -0.492 e. The average molecular weight is 350 g/mol. The molecule has 2 aromatic carbocycles. The second kappa shape index (κ2) is 6.08. The molecule has 1 aliphatic carbocycles. The van der Waals surface area contributed by atoms with E-state index in [4.69, 9.17) is 14.2 Å². The largest absolute Gasteiger partial charge is 0.492 e. The lowest BCUT2D eigenvalue weighted by Crippen LogP contribution is -2.53. The van der Waals surface area contributed by atoms with E-state index in [1.54, 1.807) is 6.92 Å². The van der Waals surface area contributed by atoms with E-state index in [2.05, 4.69) is 0 Å². The smallest absolute Gasteiger partial charge is 0.295 e. The second-order valence-corrected chi connectivity index (χ2v) is 6.66. The Morgan fingerprint density at radius 2 is 1.54 bits per heavy atom. The van der Waals surface area contributed by atoms with E-state index >= 15 is 0 Å². The van der Waals surface area contributed by atoms with Crippen LogP contribution < -0.4 is 0 Å². The molecule has 0 saturated carbocycles. The fourth-order valence-electron chi connectivity index (χ4n) is 3.98. The molecular weight excluding hydrogens is 328 g/mol. The maximum Gasteiger partial charge on any atom is 0.295 e. The van der Waals surface area contributed by atoms with Gasteiger partial charge >= 0.3 is 0 Å². The van der Waals surface area contributed by atoms with Crippen molar-refractivity contribution in [1.82, 2.24) is 0 Å². The molecule has 4 heteroatoms. The van der Waals surface area contributed by atoms with Gasteiger partial charge in [0.2, 0.25) is 5.78 Å². The monoisotopic (exact) mass is 350 g/mol. The summed E-state index contributed by atoms with van der Waals surface area (Å²) in [5, 5.41) is 0. The third kappa shape index (κ3) is 2.12. The normalized spacial score (nSPS) is 26.9. The zero-order chi connectivity index (χ0) is 18.4. The van der Waals surface area contributed by atoms with Crippen LogP contribution in [0.25, 0.3) is 0 Å². The number of benzene rings is 2. The van der Waals surface area contributed by atoms with Crippen molar-refractivity contribution in [2.24, 2.45) is 0 Å². The summed E-state index contributed by atoms with van der Waals surface area (Å²) in [5.41, 5.74) is 1.57. The van der Waals surface area contributed by atoms with Gasteiger partial charge in [0.05, 0.1) is 12.7 Å². The van der Waals surface area contributed by atoms with Crippen LogP contribution in [-0.4, -0.2) is 24.3 Å². The molecule has 1 saturated heterocycles. The molecule has 2 aromatic rings. The van der Waals surface area contributed by atoms with Crippen molar-refractivity contribution >= 4 is 5.78 Å². The molecule has 26 heavy (non-hydrogen) atoms. The highest BCUT2D eigenvalue weighted by atomic mass is 16.8. The van der Waals surface area contributed by atoms with Gasteiger partial charge in [-0.2, -0.15) is 0 Å². The molecule has 1 heterocycles. The van der Waals surface area contributed by atoms with Crippen molar-refractivity contribution in [3.63, 3.8) is 0 Å². The van der Waals surface area contributed by atoms with Gasteiger partial charge in [-0.1, -0.05) is 60.7 Å². The molecule has 0 N–H and O–H groups in total. The number of hydrogen-bond acceptors (Lipinski definition) is 4. The zero-order valence-corrected chi connectivity index (χ0v) is 15.2. The van der Waals surface area contributed by atoms with Crippen LogP contribution in [0, 0.1) is 0 Å². The molecule has 4 rings (SSSR count). The number of ether oxygens (including phenoxy) is 3. The highest BCUT2D eigenvalue weighted by molar-refractivity contribution is 6.10. The third-order valence-electron chi connectivity index (χ3n) is 5.19. The van der Waals surface area contributed by atoms with Crippen LogP contribution in [0.5, 0.6) is 0 Å². The Morgan fingerprint density at radius 3 is 2.04 bits per heavy atom. The Hall–Kier alpha value is -2.43. The van der Waals surface area contributed by atoms with Crippen molar-refractivity contribution in [2.45, 2.75) is 38.3 Å². The Balaban J connectivity index is 1.88. The highest BCUT2D eigenvalue weighted by Crippen LogP contribution is 2.55. The Morgan fingerprint density at radius 1 is 1.00 bits per heavy atom. The maximum atomic E-state index is 12.8. The molecule has 0 unspecified atom stereocenters. The van der Waals surface area contributed by atoms with Gasteiger partial charge in [0.15, 0.2) is 5.76 Å².